The van der Waals surface area contributed by atoms with E-state index < -0.39 is 0 Å². The molecular weight excluding hydrogens is 186 g/mol. The van der Waals surface area contributed by atoms with E-state index in [2.05, 4.69) is 16.8 Å². The quantitative estimate of drug-likeness (QED) is 0.537. The number of pyridine rings is 1. The molecule has 0 amide bonds. The van der Waals surface area contributed by atoms with Gasteiger partial charge in [0.15, 0.2) is 0 Å². The van der Waals surface area contributed by atoms with Gasteiger partial charge < -0.3 is 4.98 Å². The fourth-order valence-corrected chi connectivity index (χ4v) is 0.976. The summed E-state index contributed by atoms with van der Waals surface area (Å²) >= 11 is 5.46. The zero-order valence-corrected chi connectivity index (χ0v) is 8.11. The van der Waals surface area contributed by atoms with Crippen molar-refractivity contribution >= 4 is 11.6 Å². The molecule has 1 aromatic rings. The second-order valence-electron chi connectivity index (χ2n) is 2.64. The van der Waals surface area contributed by atoms with Crippen molar-refractivity contribution in [1.82, 2.24) is 4.98 Å². The van der Waals surface area contributed by atoms with Gasteiger partial charge in [0, 0.05) is 29.6 Å². The van der Waals surface area contributed by atoms with Crippen molar-refractivity contribution in [2.45, 2.75) is 13.3 Å². The first-order chi connectivity index (χ1) is 6.24. The summed E-state index contributed by atoms with van der Waals surface area (Å²) in [6.07, 6.45) is 2.27. The largest absolute Gasteiger partial charge is 0.328 e. The van der Waals surface area contributed by atoms with Gasteiger partial charge in [-0.2, -0.15) is 0 Å². The van der Waals surface area contributed by atoms with E-state index >= 15 is 0 Å². The Balaban J connectivity index is 2.87. The van der Waals surface area contributed by atoms with Gasteiger partial charge in [-0.05, 0) is 13.0 Å². The third kappa shape index (κ3) is 2.96. The number of hydrogen-bond donors (Lipinski definition) is 1. The van der Waals surface area contributed by atoms with Crippen LogP contribution >= 0.6 is 11.6 Å². The van der Waals surface area contributed by atoms with Crippen LogP contribution in [-0.4, -0.2) is 10.9 Å². The molecule has 0 fully saturated rings. The lowest BCUT2D eigenvalue weighted by Gasteiger charge is -1.91. The number of aromatic amines is 1. The van der Waals surface area contributed by atoms with Gasteiger partial charge in [0.05, 0.1) is 0 Å². The number of nitrogens with one attached hydrogen (secondary N) is 1. The summed E-state index contributed by atoms with van der Waals surface area (Å²) in [5.74, 6) is 6.34. The molecule has 0 saturated carbocycles. The maximum absolute atomic E-state index is 11.0. The number of aromatic nitrogens is 1. The summed E-state index contributed by atoms with van der Waals surface area (Å²) < 4.78 is 0. The minimum Gasteiger partial charge on any atom is -0.328 e. The van der Waals surface area contributed by atoms with Crippen molar-refractivity contribution in [3.8, 4) is 11.8 Å². The molecule has 1 rings (SSSR count). The van der Waals surface area contributed by atoms with Gasteiger partial charge in [-0.3, -0.25) is 4.79 Å². The van der Waals surface area contributed by atoms with E-state index in [0.29, 0.717) is 17.9 Å². The van der Waals surface area contributed by atoms with Crippen molar-refractivity contribution in [2.24, 2.45) is 0 Å². The van der Waals surface area contributed by atoms with Gasteiger partial charge >= 0.3 is 0 Å². The summed E-state index contributed by atoms with van der Waals surface area (Å²) in [6.45, 7) is 1.76. The molecule has 1 heterocycles. The number of halogens is 1. The number of aryl methyl sites for hydroxylation is 1. The first kappa shape index (κ1) is 9.88. The molecule has 0 aliphatic rings. The molecule has 1 aromatic heterocycles. The second kappa shape index (κ2) is 4.74. The van der Waals surface area contributed by atoms with Crippen LogP contribution in [0.3, 0.4) is 0 Å². The maximum atomic E-state index is 11.0. The highest BCUT2D eigenvalue weighted by Gasteiger charge is 1.92. The van der Waals surface area contributed by atoms with E-state index in [0.717, 1.165) is 5.56 Å². The average molecular weight is 196 g/mol. The van der Waals surface area contributed by atoms with Crippen molar-refractivity contribution in [2.75, 3.05) is 5.88 Å². The topological polar surface area (TPSA) is 32.9 Å². The number of rotatable bonds is 1. The van der Waals surface area contributed by atoms with Crippen LogP contribution in [0, 0.1) is 18.8 Å². The van der Waals surface area contributed by atoms with Crippen LogP contribution in [0.15, 0.2) is 17.1 Å². The summed E-state index contributed by atoms with van der Waals surface area (Å²) in [4.78, 5) is 13.6. The Morgan fingerprint density at radius 1 is 1.62 bits per heavy atom. The average Bonchev–Trinajstić information content (AvgIpc) is 2.12. The van der Waals surface area contributed by atoms with Gasteiger partial charge in [-0.1, -0.05) is 11.8 Å². The molecule has 3 heteroatoms. The van der Waals surface area contributed by atoms with Crippen LogP contribution in [-0.2, 0) is 0 Å². The molecule has 0 aliphatic carbocycles. The third-order valence-electron chi connectivity index (χ3n) is 1.54. The lowest BCUT2D eigenvalue weighted by atomic mass is 10.2. The minimum absolute atomic E-state index is 0.0668. The van der Waals surface area contributed by atoms with Crippen LogP contribution in [0.2, 0.25) is 0 Å². The van der Waals surface area contributed by atoms with E-state index in [1.165, 1.54) is 0 Å². The molecule has 0 saturated heterocycles. The fourth-order valence-electron chi connectivity index (χ4n) is 0.882. The van der Waals surface area contributed by atoms with Crippen LogP contribution in [0.4, 0.5) is 0 Å². The molecule has 0 atom stereocenters. The van der Waals surface area contributed by atoms with Gasteiger partial charge in [-0.25, -0.2) is 0 Å². The summed E-state index contributed by atoms with van der Waals surface area (Å²) in [7, 11) is 0. The maximum Gasteiger partial charge on any atom is 0.250 e. The van der Waals surface area contributed by atoms with Crippen LogP contribution in [0.25, 0.3) is 0 Å². The van der Waals surface area contributed by atoms with Gasteiger partial charge in [0.2, 0.25) is 0 Å². The number of alkyl halides is 1. The van der Waals surface area contributed by atoms with E-state index in [9.17, 15) is 4.79 Å². The lowest BCUT2D eigenvalue weighted by Crippen LogP contribution is -2.08. The Morgan fingerprint density at radius 3 is 3.00 bits per heavy atom. The molecule has 0 unspecified atom stereocenters. The molecular formula is C10H10ClNO. The fraction of sp³-hybridized carbons (Fsp3) is 0.300. The Labute approximate surface area is 81.9 Å². The summed E-state index contributed by atoms with van der Waals surface area (Å²) in [6, 6.07) is 1.76. The third-order valence-corrected chi connectivity index (χ3v) is 1.73. The zero-order chi connectivity index (χ0) is 9.68. The first-order valence-corrected chi connectivity index (χ1v) is 4.51. The molecule has 0 spiro atoms. The number of hydrogen-bond acceptors (Lipinski definition) is 1. The molecule has 2 nitrogen and oxygen atoms in total. The standard InChI is InChI=1S/C10H10ClNO/c1-8-6-9(4-2-3-5-11)7-12-10(8)13/h6-7H,3,5H2,1H3,(H,12,13). The molecule has 0 radical (unpaired) electrons. The molecule has 1 N–H and O–H groups in total. The second-order valence-corrected chi connectivity index (χ2v) is 3.02. The predicted molar refractivity (Wildman–Crippen MR) is 54.0 cm³/mol. The first-order valence-electron chi connectivity index (χ1n) is 3.98. The lowest BCUT2D eigenvalue weighted by molar-refractivity contribution is 1.17. The molecule has 0 aliphatic heterocycles. The summed E-state index contributed by atoms with van der Waals surface area (Å²) in [5.41, 5.74) is 1.43. The van der Waals surface area contributed by atoms with Gasteiger partial charge in [0.1, 0.15) is 0 Å². The Bertz CT molecular complexity index is 397. The zero-order valence-electron chi connectivity index (χ0n) is 7.36. The van der Waals surface area contributed by atoms with E-state index in [-0.39, 0.29) is 5.56 Å². The van der Waals surface area contributed by atoms with Crippen molar-refractivity contribution in [3.05, 3.63) is 33.7 Å². The highest BCUT2D eigenvalue weighted by atomic mass is 35.5. The van der Waals surface area contributed by atoms with Gasteiger partial charge in [0.25, 0.3) is 5.56 Å². The summed E-state index contributed by atoms with van der Waals surface area (Å²) in [5, 5.41) is 0. The Kier molecular flexibility index (Phi) is 3.60. The predicted octanol–water partition coefficient (Wildman–Crippen LogP) is 1.66. The smallest absolute Gasteiger partial charge is 0.250 e. The van der Waals surface area contributed by atoms with Crippen LogP contribution in [0.1, 0.15) is 17.5 Å². The molecule has 13 heavy (non-hydrogen) atoms. The molecule has 0 bridgehead atoms. The highest BCUT2D eigenvalue weighted by Crippen LogP contribution is 1.94. The van der Waals surface area contributed by atoms with E-state index in [1.807, 2.05) is 0 Å². The molecule has 68 valence electrons. The monoisotopic (exact) mass is 195 g/mol. The van der Waals surface area contributed by atoms with Crippen LogP contribution < -0.4 is 5.56 Å². The van der Waals surface area contributed by atoms with Crippen molar-refractivity contribution < 1.29 is 0 Å². The van der Waals surface area contributed by atoms with Crippen molar-refractivity contribution in [3.63, 3.8) is 0 Å². The van der Waals surface area contributed by atoms with Gasteiger partial charge in [-0.15, -0.1) is 11.6 Å². The number of H-pyrrole nitrogens is 1. The SMILES string of the molecule is Cc1cc(C#CCCCl)c[nH]c1=O. The Morgan fingerprint density at radius 2 is 2.38 bits per heavy atom. The minimum atomic E-state index is -0.0668. The van der Waals surface area contributed by atoms with Crippen molar-refractivity contribution in [1.29, 1.82) is 0 Å². The van der Waals surface area contributed by atoms with E-state index in [1.54, 1.807) is 19.2 Å². The normalized spacial score (nSPS) is 9.08. The Hall–Kier alpha value is -1.20. The molecule has 0 aromatic carbocycles. The van der Waals surface area contributed by atoms with Crippen LogP contribution in [0.5, 0.6) is 0 Å². The van der Waals surface area contributed by atoms with E-state index in [4.69, 9.17) is 11.6 Å². The highest BCUT2D eigenvalue weighted by molar-refractivity contribution is 6.18.